The number of hydrogen-bond acceptors (Lipinski definition) is 2. The van der Waals surface area contributed by atoms with Crippen molar-refractivity contribution in [3.05, 3.63) is 16.4 Å². The Bertz CT molecular complexity index is 431. The van der Waals surface area contributed by atoms with E-state index in [2.05, 4.69) is 5.10 Å². The Hall–Kier alpha value is -0.830. The van der Waals surface area contributed by atoms with Crippen molar-refractivity contribution in [3.63, 3.8) is 0 Å². The first-order valence-electron chi connectivity index (χ1n) is 6.80. The van der Waals surface area contributed by atoms with Gasteiger partial charge in [-0.05, 0) is 19.8 Å². The van der Waals surface area contributed by atoms with Gasteiger partial charge in [-0.25, -0.2) is 0 Å². The van der Waals surface area contributed by atoms with E-state index in [-0.39, 0.29) is 5.92 Å². The van der Waals surface area contributed by atoms with Crippen molar-refractivity contribution >= 4 is 17.4 Å². The summed E-state index contributed by atoms with van der Waals surface area (Å²) in [6.45, 7) is 1.92. The van der Waals surface area contributed by atoms with Gasteiger partial charge in [0.25, 0.3) is 0 Å². The first-order valence-corrected chi connectivity index (χ1v) is 7.18. The molecule has 2 rings (SSSR count). The standard InChI is InChI=1S/C14H21ClN2O/c1-10-12(14(15)17(2)16-10)9-13(18)11-7-5-3-4-6-8-11/h11H,3-9H2,1-2H3. The molecule has 0 unspecified atom stereocenters. The number of ketones is 1. The molecule has 1 saturated carbocycles. The molecule has 4 heteroatoms. The fraction of sp³-hybridized carbons (Fsp3) is 0.714. The van der Waals surface area contributed by atoms with Crippen LogP contribution in [0.1, 0.15) is 49.8 Å². The minimum Gasteiger partial charge on any atom is -0.299 e. The van der Waals surface area contributed by atoms with Crippen LogP contribution in [-0.2, 0) is 18.3 Å². The third kappa shape index (κ3) is 2.94. The van der Waals surface area contributed by atoms with Crippen LogP contribution in [0.15, 0.2) is 0 Å². The van der Waals surface area contributed by atoms with Crippen molar-refractivity contribution in [2.24, 2.45) is 13.0 Å². The summed E-state index contributed by atoms with van der Waals surface area (Å²) in [5.74, 6) is 0.582. The van der Waals surface area contributed by atoms with Gasteiger partial charge in [-0.3, -0.25) is 9.48 Å². The van der Waals surface area contributed by atoms with E-state index in [1.54, 1.807) is 4.68 Å². The molecule has 0 radical (unpaired) electrons. The van der Waals surface area contributed by atoms with Gasteiger partial charge in [0.1, 0.15) is 10.9 Å². The zero-order valence-electron chi connectivity index (χ0n) is 11.2. The summed E-state index contributed by atoms with van der Waals surface area (Å²) in [4.78, 5) is 12.3. The number of carbonyl (C=O) groups is 1. The van der Waals surface area contributed by atoms with E-state index < -0.39 is 0 Å². The fourth-order valence-electron chi connectivity index (χ4n) is 2.79. The van der Waals surface area contributed by atoms with Crippen molar-refractivity contribution in [1.82, 2.24) is 9.78 Å². The number of aryl methyl sites for hydroxylation is 2. The number of Topliss-reactive ketones (excluding diaryl/α,β-unsaturated/α-hetero) is 1. The van der Waals surface area contributed by atoms with Crippen LogP contribution >= 0.6 is 11.6 Å². The fourth-order valence-corrected chi connectivity index (χ4v) is 3.04. The Morgan fingerprint density at radius 2 is 1.94 bits per heavy atom. The maximum absolute atomic E-state index is 12.3. The highest BCUT2D eigenvalue weighted by molar-refractivity contribution is 6.30. The van der Waals surface area contributed by atoms with Gasteiger partial charge in [-0.15, -0.1) is 0 Å². The van der Waals surface area contributed by atoms with Gasteiger partial charge in [-0.1, -0.05) is 37.3 Å². The molecule has 1 aliphatic rings. The van der Waals surface area contributed by atoms with E-state index in [0.29, 0.717) is 17.4 Å². The zero-order valence-corrected chi connectivity index (χ0v) is 12.0. The second-order valence-corrected chi connectivity index (χ2v) is 5.67. The van der Waals surface area contributed by atoms with Crippen LogP contribution in [0.2, 0.25) is 5.15 Å². The maximum atomic E-state index is 12.3. The van der Waals surface area contributed by atoms with Crippen LogP contribution in [0.4, 0.5) is 0 Å². The van der Waals surface area contributed by atoms with Crippen molar-refractivity contribution in [1.29, 1.82) is 0 Å². The molecule has 0 atom stereocenters. The Balaban J connectivity index is 2.06. The highest BCUT2D eigenvalue weighted by Crippen LogP contribution is 2.27. The Kier molecular flexibility index (Phi) is 4.44. The van der Waals surface area contributed by atoms with Crippen LogP contribution in [-0.4, -0.2) is 15.6 Å². The summed E-state index contributed by atoms with van der Waals surface area (Å²) in [7, 11) is 1.81. The van der Waals surface area contributed by atoms with Crippen LogP contribution in [0.5, 0.6) is 0 Å². The summed E-state index contributed by atoms with van der Waals surface area (Å²) in [5, 5.41) is 4.87. The topological polar surface area (TPSA) is 34.9 Å². The van der Waals surface area contributed by atoms with Gasteiger partial charge in [0, 0.05) is 24.9 Å². The van der Waals surface area contributed by atoms with E-state index in [0.717, 1.165) is 24.1 Å². The largest absolute Gasteiger partial charge is 0.299 e. The molecule has 100 valence electrons. The molecule has 0 saturated heterocycles. The molecule has 1 fully saturated rings. The van der Waals surface area contributed by atoms with Crippen LogP contribution < -0.4 is 0 Å². The van der Waals surface area contributed by atoms with Gasteiger partial charge in [0.05, 0.1) is 5.69 Å². The summed E-state index contributed by atoms with van der Waals surface area (Å²) >= 11 is 6.18. The molecular weight excluding hydrogens is 248 g/mol. The quantitative estimate of drug-likeness (QED) is 0.787. The lowest BCUT2D eigenvalue weighted by atomic mass is 9.92. The molecular formula is C14H21ClN2O. The van der Waals surface area contributed by atoms with E-state index in [1.165, 1.54) is 25.7 Å². The van der Waals surface area contributed by atoms with E-state index >= 15 is 0 Å². The monoisotopic (exact) mass is 268 g/mol. The van der Waals surface area contributed by atoms with Crippen LogP contribution in [0.3, 0.4) is 0 Å². The smallest absolute Gasteiger partial charge is 0.140 e. The molecule has 0 bridgehead atoms. The lowest BCUT2D eigenvalue weighted by molar-refractivity contribution is -0.122. The first kappa shape index (κ1) is 13.6. The van der Waals surface area contributed by atoms with Gasteiger partial charge >= 0.3 is 0 Å². The Morgan fingerprint density at radius 1 is 1.33 bits per heavy atom. The highest BCUT2D eigenvalue weighted by atomic mass is 35.5. The minimum atomic E-state index is 0.239. The predicted octanol–water partition coefficient (Wildman–Crippen LogP) is 3.46. The molecule has 1 aliphatic carbocycles. The average molecular weight is 269 g/mol. The van der Waals surface area contributed by atoms with Crippen molar-refractivity contribution in [2.45, 2.75) is 51.9 Å². The van der Waals surface area contributed by atoms with Crippen LogP contribution in [0.25, 0.3) is 0 Å². The van der Waals surface area contributed by atoms with Gasteiger partial charge in [0.2, 0.25) is 0 Å². The normalized spacial score (nSPS) is 17.7. The van der Waals surface area contributed by atoms with E-state index in [1.807, 2.05) is 14.0 Å². The molecule has 0 amide bonds. The number of aromatic nitrogens is 2. The van der Waals surface area contributed by atoms with Crippen molar-refractivity contribution in [2.75, 3.05) is 0 Å². The summed E-state index contributed by atoms with van der Waals surface area (Å²) < 4.78 is 1.65. The number of nitrogens with zero attached hydrogens (tertiary/aromatic N) is 2. The third-order valence-electron chi connectivity index (χ3n) is 3.93. The lowest BCUT2D eigenvalue weighted by Gasteiger charge is -2.12. The Morgan fingerprint density at radius 3 is 2.44 bits per heavy atom. The van der Waals surface area contributed by atoms with Gasteiger partial charge in [-0.2, -0.15) is 5.10 Å². The molecule has 1 aromatic rings. The second-order valence-electron chi connectivity index (χ2n) is 5.31. The summed E-state index contributed by atoms with van der Waals surface area (Å²) in [6, 6.07) is 0. The van der Waals surface area contributed by atoms with Crippen LogP contribution in [0, 0.1) is 12.8 Å². The number of hydrogen-bond donors (Lipinski definition) is 0. The summed E-state index contributed by atoms with van der Waals surface area (Å²) in [5.41, 5.74) is 1.79. The third-order valence-corrected chi connectivity index (χ3v) is 4.40. The van der Waals surface area contributed by atoms with E-state index in [9.17, 15) is 4.79 Å². The summed E-state index contributed by atoms with van der Waals surface area (Å²) in [6.07, 6.45) is 7.48. The second kappa shape index (κ2) is 5.87. The molecule has 18 heavy (non-hydrogen) atoms. The number of halogens is 1. The Labute approximate surface area is 114 Å². The number of carbonyl (C=O) groups excluding carboxylic acids is 1. The first-order chi connectivity index (χ1) is 8.59. The molecule has 0 aliphatic heterocycles. The van der Waals surface area contributed by atoms with E-state index in [4.69, 9.17) is 11.6 Å². The molecule has 0 N–H and O–H groups in total. The zero-order chi connectivity index (χ0) is 13.1. The highest BCUT2D eigenvalue weighted by Gasteiger charge is 2.23. The molecule has 1 heterocycles. The minimum absolute atomic E-state index is 0.239. The number of rotatable bonds is 3. The maximum Gasteiger partial charge on any atom is 0.140 e. The predicted molar refractivity (Wildman–Crippen MR) is 72.9 cm³/mol. The SMILES string of the molecule is Cc1nn(C)c(Cl)c1CC(=O)C1CCCCCC1. The average Bonchev–Trinajstić information content (AvgIpc) is 2.58. The molecule has 0 spiro atoms. The van der Waals surface area contributed by atoms with Crippen molar-refractivity contribution in [3.8, 4) is 0 Å². The molecule has 0 aromatic carbocycles. The molecule has 3 nitrogen and oxygen atoms in total. The molecule has 1 aromatic heterocycles. The van der Waals surface area contributed by atoms with Crippen molar-refractivity contribution < 1.29 is 4.79 Å². The van der Waals surface area contributed by atoms with Gasteiger partial charge < -0.3 is 0 Å². The van der Waals surface area contributed by atoms with Gasteiger partial charge in [0.15, 0.2) is 0 Å². The lowest BCUT2D eigenvalue weighted by Crippen LogP contribution is -2.16.